The lowest BCUT2D eigenvalue weighted by Crippen LogP contribution is -2.53. The first-order valence-electron chi connectivity index (χ1n) is 7.31. The van der Waals surface area contributed by atoms with Gasteiger partial charge in [0, 0.05) is 12.1 Å². The zero-order valence-corrected chi connectivity index (χ0v) is 12.7. The predicted molar refractivity (Wildman–Crippen MR) is 74.7 cm³/mol. The Bertz CT molecular complexity index is 338. The van der Waals surface area contributed by atoms with Crippen molar-refractivity contribution in [3.63, 3.8) is 0 Å². The minimum absolute atomic E-state index is 0.0624. The first-order valence-corrected chi connectivity index (χ1v) is 7.31. The minimum Gasteiger partial charge on any atom is -0.474 e. The number of nitrogens with zero attached hydrogens (tertiary/aromatic N) is 1. The van der Waals surface area contributed by atoms with E-state index in [0.29, 0.717) is 17.8 Å². The number of amides is 1. The van der Waals surface area contributed by atoms with Crippen LogP contribution in [0.4, 0.5) is 0 Å². The minimum atomic E-state index is -1.34. The van der Waals surface area contributed by atoms with Gasteiger partial charge in [-0.25, -0.2) is 4.79 Å². The van der Waals surface area contributed by atoms with Crippen molar-refractivity contribution in [2.24, 2.45) is 17.8 Å². The lowest BCUT2D eigenvalue weighted by atomic mass is 9.73. The summed E-state index contributed by atoms with van der Waals surface area (Å²) in [6, 6.07) is -0.00694. The van der Waals surface area contributed by atoms with Gasteiger partial charge >= 0.3 is 11.9 Å². The van der Waals surface area contributed by atoms with E-state index in [4.69, 9.17) is 5.11 Å². The summed E-state index contributed by atoms with van der Waals surface area (Å²) in [5.74, 6) is -0.653. The van der Waals surface area contributed by atoms with Crippen LogP contribution >= 0.6 is 0 Å². The number of hydrogen-bond acceptors (Lipinski definition) is 2. The Morgan fingerprint density at radius 3 is 2.16 bits per heavy atom. The van der Waals surface area contributed by atoms with Crippen LogP contribution in [0, 0.1) is 17.8 Å². The van der Waals surface area contributed by atoms with Gasteiger partial charge < -0.3 is 10.0 Å². The fourth-order valence-corrected chi connectivity index (χ4v) is 3.35. The molecule has 110 valence electrons. The monoisotopic (exact) mass is 269 g/mol. The highest BCUT2D eigenvalue weighted by Gasteiger charge is 2.39. The average Bonchev–Trinajstić information content (AvgIpc) is 2.28. The maximum absolute atomic E-state index is 12.0. The van der Waals surface area contributed by atoms with E-state index in [-0.39, 0.29) is 12.1 Å². The number of carbonyl (C=O) groups excluding carboxylic acids is 1. The van der Waals surface area contributed by atoms with Gasteiger partial charge in [-0.05, 0) is 44.4 Å². The summed E-state index contributed by atoms with van der Waals surface area (Å²) in [6.45, 7) is 10.3. The number of carboxylic acid groups (broad SMARTS) is 1. The van der Waals surface area contributed by atoms with Crippen LogP contribution < -0.4 is 0 Å². The van der Waals surface area contributed by atoms with Gasteiger partial charge in [0.1, 0.15) is 0 Å². The van der Waals surface area contributed by atoms with E-state index in [1.165, 1.54) is 6.42 Å². The third kappa shape index (κ3) is 3.71. The van der Waals surface area contributed by atoms with Crippen LogP contribution in [0.15, 0.2) is 0 Å². The Labute approximate surface area is 116 Å². The second-order valence-electron chi connectivity index (χ2n) is 6.50. The highest BCUT2D eigenvalue weighted by atomic mass is 16.4. The van der Waals surface area contributed by atoms with Crippen molar-refractivity contribution in [3.8, 4) is 0 Å². The number of hydrogen-bond donors (Lipinski definition) is 1. The predicted octanol–water partition coefficient (Wildman–Crippen LogP) is 2.77. The van der Waals surface area contributed by atoms with Crippen molar-refractivity contribution in [1.82, 2.24) is 4.90 Å². The maximum atomic E-state index is 12.0. The molecule has 0 heterocycles. The molecule has 1 saturated carbocycles. The SMILES string of the molecule is CC1CCC(C(C)C)C(N(C(=O)C(=O)O)C(C)C)C1. The van der Waals surface area contributed by atoms with Gasteiger partial charge in [0.2, 0.25) is 0 Å². The Balaban J connectivity index is 3.02. The highest BCUT2D eigenvalue weighted by Crippen LogP contribution is 2.37. The third-order valence-corrected chi connectivity index (χ3v) is 4.32. The summed E-state index contributed by atoms with van der Waals surface area (Å²) in [4.78, 5) is 24.6. The van der Waals surface area contributed by atoms with Crippen LogP contribution in [0.1, 0.15) is 53.9 Å². The Morgan fingerprint density at radius 2 is 1.74 bits per heavy atom. The molecule has 1 rings (SSSR count). The van der Waals surface area contributed by atoms with Crippen molar-refractivity contribution < 1.29 is 14.7 Å². The molecule has 19 heavy (non-hydrogen) atoms. The molecule has 0 aromatic heterocycles. The number of rotatable bonds is 3. The molecule has 0 spiro atoms. The van der Waals surface area contributed by atoms with E-state index in [2.05, 4.69) is 20.8 Å². The zero-order valence-electron chi connectivity index (χ0n) is 12.7. The number of aliphatic carboxylic acids is 1. The standard InChI is InChI=1S/C15H27NO3/c1-9(2)12-7-6-11(5)8-13(12)16(10(3)4)14(17)15(18)19/h9-13H,6-8H2,1-5H3,(H,18,19). The van der Waals surface area contributed by atoms with Crippen molar-refractivity contribution >= 4 is 11.9 Å². The van der Waals surface area contributed by atoms with Crippen molar-refractivity contribution in [3.05, 3.63) is 0 Å². The van der Waals surface area contributed by atoms with Gasteiger partial charge in [0.25, 0.3) is 0 Å². The molecule has 1 fully saturated rings. The lowest BCUT2D eigenvalue weighted by molar-refractivity contribution is -0.160. The number of carboxylic acids is 1. The number of carbonyl (C=O) groups is 2. The van der Waals surface area contributed by atoms with E-state index >= 15 is 0 Å². The molecule has 1 aliphatic rings. The van der Waals surface area contributed by atoms with E-state index in [1.54, 1.807) is 4.90 Å². The molecule has 0 aromatic carbocycles. The van der Waals surface area contributed by atoms with Gasteiger partial charge in [-0.1, -0.05) is 27.2 Å². The van der Waals surface area contributed by atoms with Crippen molar-refractivity contribution in [1.29, 1.82) is 0 Å². The van der Waals surface area contributed by atoms with Gasteiger partial charge in [-0.3, -0.25) is 4.79 Å². The van der Waals surface area contributed by atoms with E-state index in [0.717, 1.165) is 12.8 Å². The topological polar surface area (TPSA) is 57.6 Å². The molecule has 0 aromatic rings. The Hall–Kier alpha value is -1.06. The third-order valence-electron chi connectivity index (χ3n) is 4.32. The zero-order chi connectivity index (χ0) is 14.7. The molecule has 1 aliphatic carbocycles. The molecule has 0 bridgehead atoms. The first kappa shape index (κ1) is 16.0. The van der Waals surface area contributed by atoms with Crippen molar-refractivity contribution in [2.45, 2.75) is 66.0 Å². The molecule has 4 nitrogen and oxygen atoms in total. The molecular weight excluding hydrogens is 242 g/mol. The quantitative estimate of drug-likeness (QED) is 0.801. The molecule has 3 unspecified atom stereocenters. The fourth-order valence-electron chi connectivity index (χ4n) is 3.35. The summed E-state index contributed by atoms with van der Waals surface area (Å²) in [5.41, 5.74) is 0. The largest absolute Gasteiger partial charge is 0.474 e. The van der Waals surface area contributed by atoms with Crippen LogP contribution in [0.5, 0.6) is 0 Å². The fraction of sp³-hybridized carbons (Fsp3) is 0.867. The summed E-state index contributed by atoms with van der Waals surface area (Å²) < 4.78 is 0. The second kappa shape index (κ2) is 6.40. The maximum Gasteiger partial charge on any atom is 0.394 e. The van der Waals surface area contributed by atoms with Gasteiger partial charge in [0.05, 0.1) is 0 Å². The molecular formula is C15H27NO3. The first-order chi connectivity index (χ1) is 8.75. The van der Waals surface area contributed by atoms with E-state index < -0.39 is 11.9 Å². The van der Waals surface area contributed by atoms with Crippen LogP contribution in [0.25, 0.3) is 0 Å². The molecule has 1 amide bonds. The van der Waals surface area contributed by atoms with Gasteiger partial charge in [0.15, 0.2) is 0 Å². The average molecular weight is 269 g/mol. The van der Waals surface area contributed by atoms with Crippen LogP contribution in [-0.4, -0.2) is 34.0 Å². The van der Waals surface area contributed by atoms with E-state index in [1.807, 2.05) is 13.8 Å². The summed E-state index contributed by atoms with van der Waals surface area (Å²) in [7, 11) is 0. The lowest BCUT2D eigenvalue weighted by Gasteiger charge is -2.45. The summed E-state index contributed by atoms with van der Waals surface area (Å²) >= 11 is 0. The highest BCUT2D eigenvalue weighted by molar-refractivity contribution is 6.31. The van der Waals surface area contributed by atoms with E-state index in [9.17, 15) is 9.59 Å². The second-order valence-corrected chi connectivity index (χ2v) is 6.50. The normalized spacial score (nSPS) is 27.6. The smallest absolute Gasteiger partial charge is 0.394 e. The molecule has 4 heteroatoms. The Morgan fingerprint density at radius 1 is 1.16 bits per heavy atom. The molecule has 0 radical (unpaired) electrons. The van der Waals surface area contributed by atoms with Crippen LogP contribution in [-0.2, 0) is 9.59 Å². The van der Waals surface area contributed by atoms with Crippen LogP contribution in [0.3, 0.4) is 0 Å². The summed E-state index contributed by atoms with van der Waals surface area (Å²) in [5, 5.41) is 9.03. The molecule has 0 aliphatic heterocycles. The Kier molecular flexibility index (Phi) is 5.39. The molecule has 3 atom stereocenters. The van der Waals surface area contributed by atoms with Crippen LogP contribution in [0.2, 0.25) is 0 Å². The summed E-state index contributed by atoms with van der Waals surface area (Å²) in [6.07, 6.45) is 3.17. The molecule has 1 N–H and O–H groups in total. The van der Waals surface area contributed by atoms with Gasteiger partial charge in [-0.2, -0.15) is 0 Å². The molecule has 0 saturated heterocycles. The van der Waals surface area contributed by atoms with Crippen molar-refractivity contribution in [2.75, 3.05) is 0 Å². The van der Waals surface area contributed by atoms with Gasteiger partial charge in [-0.15, -0.1) is 0 Å².